The fourth-order valence-corrected chi connectivity index (χ4v) is 11.5. The van der Waals surface area contributed by atoms with Gasteiger partial charge in [-0.05, 0) is 118 Å². The summed E-state index contributed by atoms with van der Waals surface area (Å²) >= 11 is 23.8. The molecule has 0 amide bonds. The smallest absolute Gasteiger partial charge is 0.142 e. The van der Waals surface area contributed by atoms with Gasteiger partial charge in [-0.3, -0.25) is 4.98 Å². The van der Waals surface area contributed by atoms with Gasteiger partial charge in [0, 0.05) is 34.1 Å². The molecule has 4 aromatic carbocycles. The van der Waals surface area contributed by atoms with E-state index in [0.29, 0.717) is 73.9 Å². The minimum absolute atomic E-state index is 0.369. The highest BCUT2D eigenvalue weighted by Crippen LogP contribution is 2.55. The summed E-state index contributed by atoms with van der Waals surface area (Å²) in [6.07, 6.45) is 0. The molecular formula is C50H26Br6N8. The van der Waals surface area contributed by atoms with Crippen molar-refractivity contribution < 1.29 is 0 Å². The minimum atomic E-state index is -1.32. The Balaban J connectivity index is 1.67. The quantitative estimate of drug-likeness (QED) is 0.169. The van der Waals surface area contributed by atoms with Crippen LogP contribution >= 0.6 is 95.6 Å². The molecule has 2 aliphatic heterocycles. The number of benzene rings is 4. The van der Waals surface area contributed by atoms with Crippen LogP contribution in [0.25, 0.3) is 75.5 Å². The van der Waals surface area contributed by atoms with Crippen LogP contribution in [0.5, 0.6) is 0 Å². The van der Waals surface area contributed by atoms with Crippen LogP contribution in [0.2, 0.25) is 0 Å². The molecule has 64 heavy (non-hydrogen) atoms. The Hall–Kier alpha value is -5.42. The molecule has 0 fully saturated rings. The molecule has 0 aliphatic carbocycles. The number of H-pyrrole nitrogens is 2. The van der Waals surface area contributed by atoms with Gasteiger partial charge in [-0.1, -0.05) is 121 Å². The number of halogens is 6. The SMILES string of the molecule is N#CC(C#N)[C@H]1c2nc(c(-c3ccccc3)c3[nH]c(c(Br)c3Br)c(-c3ccccc3)c3nc(c(-c4ccccc4)c4[nH]c(c(Br)c4Br)c2-c2ccccc2)C(Br)=C3Br)[C@@H]1C(C#N)C#N. The summed E-state index contributed by atoms with van der Waals surface area (Å²) in [7, 11) is 0. The molecule has 0 unspecified atom stereocenters. The van der Waals surface area contributed by atoms with Gasteiger partial charge in [-0.2, -0.15) is 21.0 Å². The third-order valence-corrected chi connectivity index (χ3v) is 17.7. The summed E-state index contributed by atoms with van der Waals surface area (Å²) in [5.74, 6) is -4.72. The predicted molar refractivity (Wildman–Crippen MR) is 273 cm³/mol. The molecule has 8 nitrogen and oxygen atoms in total. The molecule has 14 heteroatoms. The molecule has 0 spiro atoms. The number of nitriles is 4. The summed E-state index contributed by atoms with van der Waals surface area (Å²) < 4.78 is 4.07. The van der Waals surface area contributed by atoms with Crippen molar-refractivity contribution in [2.45, 2.75) is 11.8 Å². The van der Waals surface area contributed by atoms with Gasteiger partial charge in [0.25, 0.3) is 0 Å². The van der Waals surface area contributed by atoms with Gasteiger partial charge in [0.15, 0.2) is 0 Å². The second-order valence-corrected chi connectivity index (χ2v) is 19.6. The van der Waals surface area contributed by atoms with Crippen molar-refractivity contribution in [2.75, 3.05) is 0 Å². The molecular weight excluding hydrogens is 1190 g/mol. The molecule has 2 atom stereocenters. The van der Waals surface area contributed by atoms with Gasteiger partial charge in [0.05, 0.1) is 96.0 Å². The second-order valence-electron chi connectivity index (χ2n) is 14.8. The first-order valence-corrected chi connectivity index (χ1v) is 24.3. The highest BCUT2D eigenvalue weighted by Gasteiger charge is 2.46. The maximum absolute atomic E-state index is 10.8. The van der Waals surface area contributed by atoms with Crippen LogP contribution in [0.1, 0.15) is 34.6 Å². The number of hydrogen-bond donors (Lipinski definition) is 2. The number of nitrogens with zero attached hydrogens (tertiary/aromatic N) is 6. The van der Waals surface area contributed by atoms with E-state index in [-0.39, 0.29) is 0 Å². The zero-order valence-corrected chi connectivity index (χ0v) is 42.3. The van der Waals surface area contributed by atoms with Crippen LogP contribution < -0.4 is 0 Å². The van der Waals surface area contributed by atoms with E-state index in [0.717, 1.165) is 42.3 Å². The lowest BCUT2D eigenvalue weighted by Crippen LogP contribution is -2.21. The van der Waals surface area contributed by atoms with E-state index in [2.05, 4.69) is 130 Å². The first-order valence-electron chi connectivity index (χ1n) is 19.5. The molecule has 0 radical (unpaired) electrons. The Morgan fingerprint density at radius 1 is 0.391 bits per heavy atom. The third kappa shape index (κ3) is 7.31. The number of hydrogen-bond acceptors (Lipinski definition) is 6. The van der Waals surface area contributed by atoms with Crippen molar-refractivity contribution in [3.63, 3.8) is 0 Å². The van der Waals surface area contributed by atoms with E-state index in [4.69, 9.17) is 9.97 Å². The standard InChI is InChI=1S/C50H26Br6N8/c51-37-39(53)47-35(27-17-9-3-10-18-27)49-41(55)42(56)50(64-49)36(28-19-11-4-12-20-28)48-40(54)38(52)46(63-48)34(26-15-7-2-8-16-26)44-32(30(23-59)24-60)31(29(21-57)22-58)43(61-44)33(45(37)62-47)25-13-5-1-6-14-25/h1-20,29-32,62-63H/t31-,32-/m1/s1. The third-order valence-electron chi connectivity index (χ3n) is 11.4. The highest BCUT2D eigenvalue weighted by atomic mass is 79.9. The first-order chi connectivity index (χ1) is 31.1. The van der Waals surface area contributed by atoms with Crippen LogP contribution in [0.15, 0.2) is 139 Å². The average Bonchev–Trinajstić information content (AvgIpc) is 4.02. The Bertz CT molecular complexity index is 3160. The van der Waals surface area contributed by atoms with Gasteiger partial charge in [0.2, 0.25) is 0 Å². The Morgan fingerprint density at radius 2 is 0.656 bits per heavy atom. The fraction of sp³-hybridized carbons (Fsp3) is 0.0800. The van der Waals surface area contributed by atoms with Crippen LogP contribution in [0.4, 0.5) is 0 Å². The number of nitrogens with one attached hydrogen (secondary N) is 2. The summed E-state index contributed by atoms with van der Waals surface area (Å²) in [6.45, 7) is 0. The highest BCUT2D eigenvalue weighted by molar-refractivity contribution is 9.18. The molecule has 5 heterocycles. The molecule has 2 N–H and O–H groups in total. The maximum atomic E-state index is 10.8. The summed E-state index contributed by atoms with van der Waals surface area (Å²) in [6, 6.07) is 48.0. The molecule has 2 aliphatic rings. The lowest BCUT2D eigenvalue weighted by Gasteiger charge is -2.23. The van der Waals surface area contributed by atoms with Gasteiger partial charge in [-0.25, -0.2) is 4.98 Å². The van der Waals surface area contributed by atoms with Gasteiger partial charge < -0.3 is 9.97 Å². The van der Waals surface area contributed by atoms with Gasteiger partial charge in [-0.15, -0.1) is 0 Å². The van der Waals surface area contributed by atoms with Crippen molar-refractivity contribution in [2.24, 2.45) is 11.8 Å². The maximum Gasteiger partial charge on any atom is 0.142 e. The van der Waals surface area contributed by atoms with Crippen LogP contribution in [0.3, 0.4) is 0 Å². The molecule has 3 aromatic heterocycles. The van der Waals surface area contributed by atoms with Crippen LogP contribution in [-0.2, 0) is 0 Å². The van der Waals surface area contributed by atoms with E-state index < -0.39 is 23.7 Å². The van der Waals surface area contributed by atoms with Gasteiger partial charge >= 0.3 is 0 Å². The lowest BCUT2D eigenvalue weighted by atomic mass is 9.72. The molecule has 9 rings (SSSR count). The van der Waals surface area contributed by atoms with E-state index in [1.807, 2.05) is 121 Å². The van der Waals surface area contributed by atoms with Crippen molar-refractivity contribution >= 4 is 127 Å². The summed E-state index contributed by atoms with van der Waals surface area (Å²) in [4.78, 5) is 18.6. The normalized spacial score (nSPS) is 14.6. The predicted octanol–water partition coefficient (Wildman–Crippen LogP) is 15.8. The monoisotopic (exact) mass is 1210 g/mol. The van der Waals surface area contributed by atoms with Crippen molar-refractivity contribution in [3.8, 4) is 68.8 Å². The minimum Gasteiger partial charge on any atom is -0.352 e. The van der Waals surface area contributed by atoms with E-state index in [9.17, 15) is 21.0 Å². The van der Waals surface area contributed by atoms with Crippen LogP contribution in [-0.4, -0.2) is 19.9 Å². The fourth-order valence-electron chi connectivity index (χ4n) is 8.58. The molecule has 0 saturated carbocycles. The topological polar surface area (TPSA) is 153 Å². The van der Waals surface area contributed by atoms with Crippen molar-refractivity contribution in [1.29, 1.82) is 21.0 Å². The summed E-state index contributed by atoms with van der Waals surface area (Å²) in [5, 5.41) is 43.3. The Kier molecular flexibility index (Phi) is 12.5. The zero-order chi connectivity index (χ0) is 44.8. The zero-order valence-electron chi connectivity index (χ0n) is 32.8. The number of rotatable bonds is 6. The van der Waals surface area contributed by atoms with Crippen molar-refractivity contribution in [3.05, 3.63) is 162 Å². The molecule has 0 saturated heterocycles. The number of fused-ring (bicyclic) bond motifs is 8. The lowest BCUT2D eigenvalue weighted by molar-refractivity contribution is 0.473. The van der Waals surface area contributed by atoms with Crippen LogP contribution in [0, 0.1) is 57.2 Å². The first kappa shape index (κ1) is 43.8. The van der Waals surface area contributed by atoms with Crippen molar-refractivity contribution in [1.82, 2.24) is 19.9 Å². The molecule has 8 bridgehead atoms. The molecule has 308 valence electrons. The second kappa shape index (κ2) is 18.2. The Morgan fingerprint density at radius 3 is 0.938 bits per heavy atom. The number of aromatic nitrogens is 4. The number of aromatic amines is 2. The summed E-state index contributed by atoms with van der Waals surface area (Å²) in [5.41, 5.74) is 10.4. The van der Waals surface area contributed by atoms with Gasteiger partial charge in [0.1, 0.15) is 11.8 Å². The van der Waals surface area contributed by atoms with E-state index >= 15 is 0 Å². The average molecular weight is 1220 g/mol. The Labute approximate surface area is 418 Å². The van der Waals surface area contributed by atoms with E-state index in [1.165, 1.54) is 0 Å². The van der Waals surface area contributed by atoms with E-state index in [1.54, 1.807) is 0 Å². The largest absolute Gasteiger partial charge is 0.352 e. The molecule has 7 aromatic rings.